The van der Waals surface area contributed by atoms with Gasteiger partial charge in [0.25, 0.3) is 0 Å². The van der Waals surface area contributed by atoms with Crippen molar-refractivity contribution in [3.8, 4) is 23.4 Å². The topological polar surface area (TPSA) is 71.9 Å². The number of benzene rings is 1. The minimum atomic E-state index is -4.67. The van der Waals surface area contributed by atoms with Crippen LogP contribution in [0.5, 0.6) is 23.4 Å². The minimum absolute atomic E-state index is 0.00149. The van der Waals surface area contributed by atoms with Crippen LogP contribution >= 0.6 is 46.4 Å². The molecule has 0 aliphatic heterocycles. The maximum atomic E-state index is 12.9. The number of nitrogens with zero attached hydrogens (tertiary/aromatic N) is 2. The van der Waals surface area contributed by atoms with Crippen molar-refractivity contribution in [1.82, 2.24) is 9.97 Å². The summed E-state index contributed by atoms with van der Waals surface area (Å²) >= 11 is 23.1. The van der Waals surface area contributed by atoms with Crippen molar-refractivity contribution in [2.75, 3.05) is 26.9 Å². The van der Waals surface area contributed by atoms with Gasteiger partial charge in [-0.3, -0.25) is 0 Å². The molecule has 176 valence electrons. The standard InChI is InChI=1S/C18H15Cl4F3N2O5/c1-28-17-26-13(18(23,24)25)9-15(27-17)29-4-2-5-30-16-11(19)7-10(8-12(16)20)32-31-6-3-14(21)22/h3,7-9H,2,4-6H2,1H3. The average molecular weight is 538 g/mol. The summed E-state index contributed by atoms with van der Waals surface area (Å²) in [4.78, 5) is 16.8. The number of aromatic nitrogens is 2. The van der Waals surface area contributed by atoms with Gasteiger partial charge < -0.3 is 19.1 Å². The smallest absolute Gasteiger partial charge is 0.433 e. The highest BCUT2D eigenvalue weighted by Crippen LogP contribution is 2.37. The molecule has 0 saturated heterocycles. The first-order valence-corrected chi connectivity index (χ1v) is 10.2. The third-order valence-electron chi connectivity index (χ3n) is 3.37. The Morgan fingerprint density at radius 3 is 2.28 bits per heavy atom. The summed E-state index contributed by atoms with van der Waals surface area (Å²) in [7, 11) is 1.15. The Labute approximate surface area is 200 Å². The van der Waals surface area contributed by atoms with Gasteiger partial charge in [-0.05, 0) is 6.08 Å². The zero-order valence-electron chi connectivity index (χ0n) is 16.2. The van der Waals surface area contributed by atoms with Crippen LogP contribution in [0.1, 0.15) is 12.1 Å². The second kappa shape index (κ2) is 12.4. The van der Waals surface area contributed by atoms with E-state index in [1.807, 2.05) is 0 Å². The molecule has 1 aromatic heterocycles. The van der Waals surface area contributed by atoms with Gasteiger partial charge in [0.1, 0.15) is 11.1 Å². The molecule has 1 heterocycles. The molecule has 32 heavy (non-hydrogen) atoms. The molecule has 0 atom stereocenters. The van der Waals surface area contributed by atoms with Gasteiger partial charge in [0, 0.05) is 24.6 Å². The van der Waals surface area contributed by atoms with Crippen molar-refractivity contribution in [3.05, 3.63) is 44.5 Å². The maximum absolute atomic E-state index is 12.9. The molecule has 0 bridgehead atoms. The van der Waals surface area contributed by atoms with Crippen molar-refractivity contribution in [2.45, 2.75) is 12.6 Å². The number of alkyl halides is 3. The van der Waals surface area contributed by atoms with E-state index in [2.05, 4.69) is 14.7 Å². The zero-order valence-corrected chi connectivity index (χ0v) is 19.2. The molecule has 14 heteroatoms. The Kier molecular flexibility index (Phi) is 10.2. The van der Waals surface area contributed by atoms with Crippen LogP contribution in [0.4, 0.5) is 13.2 Å². The number of halogens is 7. The second-order valence-electron chi connectivity index (χ2n) is 5.70. The summed E-state index contributed by atoms with van der Waals surface area (Å²) < 4.78 is 54.0. The first-order valence-electron chi connectivity index (χ1n) is 8.65. The molecule has 0 saturated carbocycles. The molecule has 0 aliphatic carbocycles. The van der Waals surface area contributed by atoms with E-state index in [1.54, 1.807) is 0 Å². The molecule has 2 rings (SSSR count). The number of hydrogen-bond donors (Lipinski definition) is 0. The van der Waals surface area contributed by atoms with E-state index >= 15 is 0 Å². The second-order valence-corrected chi connectivity index (χ2v) is 7.53. The fourth-order valence-corrected chi connectivity index (χ4v) is 2.75. The molecule has 0 aliphatic rings. The molecule has 0 N–H and O–H groups in total. The third-order valence-corrected chi connectivity index (χ3v) is 4.24. The van der Waals surface area contributed by atoms with Crippen molar-refractivity contribution in [1.29, 1.82) is 0 Å². The summed E-state index contributed by atoms with van der Waals surface area (Å²) in [5.74, 6) is 0.118. The summed E-state index contributed by atoms with van der Waals surface area (Å²) in [5, 5.41) is 0.302. The van der Waals surface area contributed by atoms with Gasteiger partial charge in [-0.25, -0.2) is 0 Å². The fourth-order valence-electron chi connectivity index (χ4n) is 2.05. The lowest BCUT2D eigenvalue weighted by molar-refractivity contribution is -0.195. The highest BCUT2D eigenvalue weighted by atomic mass is 35.5. The number of methoxy groups -OCH3 is 1. The van der Waals surface area contributed by atoms with Crippen LogP contribution < -0.4 is 19.1 Å². The Morgan fingerprint density at radius 1 is 1.03 bits per heavy atom. The number of ether oxygens (including phenoxy) is 3. The molecule has 1 aromatic carbocycles. The quantitative estimate of drug-likeness (QED) is 0.189. The lowest BCUT2D eigenvalue weighted by Gasteiger charge is -2.13. The highest BCUT2D eigenvalue weighted by molar-refractivity contribution is 6.55. The Balaban J connectivity index is 1.86. The SMILES string of the molecule is COc1nc(OCCCOc2c(Cl)cc(OOCC=C(Cl)Cl)cc2Cl)cc(C(F)(F)F)n1. The predicted octanol–water partition coefficient (Wildman–Crippen LogP) is 6.29. The van der Waals surface area contributed by atoms with E-state index in [1.165, 1.54) is 18.2 Å². The molecule has 0 unspecified atom stereocenters. The van der Waals surface area contributed by atoms with Crippen LogP contribution in [0.15, 0.2) is 28.8 Å². The summed E-state index contributed by atoms with van der Waals surface area (Å²) in [6.45, 7) is 0.0976. The molecular formula is C18H15Cl4F3N2O5. The van der Waals surface area contributed by atoms with Crippen LogP contribution in [0.3, 0.4) is 0 Å². The molecule has 0 radical (unpaired) electrons. The van der Waals surface area contributed by atoms with Gasteiger partial charge >= 0.3 is 12.2 Å². The van der Waals surface area contributed by atoms with Crippen LogP contribution in [0.25, 0.3) is 0 Å². The lowest BCUT2D eigenvalue weighted by Crippen LogP contribution is -2.12. The largest absolute Gasteiger partial charge is 0.490 e. The van der Waals surface area contributed by atoms with Crippen molar-refractivity contribution in [3.63, 3.8) is 0 Å². The molecular weight excluding hydrogens is 523 g/mol. The summed E-state index contributed by atoms with van der Waals surface area (Å²) in [6.07, 6.45) is -3.01. The van der Waals surface area contributed by atoms with Gasteiger partial charge in [0.2, 0.25) is 5.88 Å². The van der Waals surface area contributed by atoms with Crippen LogP contribution in [-0.2, 0) is 11.1 Å². The van der Waals surface area contributed by atoms with E-state index in [4.69, 9.17) is 65.7 Å². The van der Waals surface area contributed by atoms with Gasteiger partial charge in [-0.2, -0.15) is 28.0 Å². The Bertz CT molecular complexity index is 920. The Morgan fingerprint density at radius 2 is 1.69 bits per heavy atom. The Hall–Kier alpha value is -1.85. The van der Waals surface area contributed by atoms with Gasteiger partial charge in [-0.1, -0.05) is 46.4 Å². The van der Waals surface area contributed by atoms with E-state index in [0.29, 0.717) is 6.07 Å². The number of hydrogen-bond acceptors (Lipinski definition) is 7. The zero-order chi connectivity index (χ0) is 23.7. The minimum Gasteiger partial charge on any atom is -0.490 e. The number of rotatable bonds is 11. The van der Waals surface area contributed by atoms with Crippen molar-refractivity contribution in [2.24, 2.45) is 0 Å². The molecule has 2 aromatic rings. The first-order chi connectivity index (χ1) is 15.1. The summed E-state index contributed by atoms with van der Waals surface area (Å²) in [6, 6.07) is 3.04. The lowest BCUT2D eigenvalue weighted by atomic mass is 10.3. The van der Waals surface area contributed by atoms with Crippen LogP contribution in [0, 0.1) is 0 Å². The van der Waals surface area contributed by atoms with E-state index in [0.717, 1.165) is 7.11 Å². The van der Waals surface area contributed by atoms with Crippen LogP contribution in [-0.4, -0.2) is 36.9 Å². The summed E-state index contributed by atoms with van der Waals surface area (Å²) in [5.41, 5.74) is -1.18. The molecule has 0 spiro atoms. The highest BCUT2D eigenvalue weighted by Gasteiger charge is 2.34. The molecule has 0 amide bonds. The molecule has 7 nitrogen and oxygen atoms in total. The third kappa shape index (κ3) is 8.59. The normalized spacial score (nSPS) is 11.1. The van der Waals surface area contributed by atoms with Crippen molar-refractivity contribution >= 4 is 46.4 Å². The van der Waals surface area contributed by atoms with E-state index in [9.17, 15) is 13.2 Å². The van der Waals surface area contributed by atoms with E-state index < -0.39 is 17.9 Å². The maximum Gasteiger partial charge on any atom is 0.433 e. The predicted molar refractivity (Wildman–Crippen MR) is 112 cm³/mol. The van der Waals surface area contributed by atoms with Crippen LogP contribution in [0.2, 0.25) is 10.0 Å². The van der Waals surface area contributed by atoms with Gasteiger partial charge in [-0.15, -0.1) is 0 Å². The average Bonchev–Trinajstić information content (AvgIpc) is 2.71. The molecule has 0 fully saturated rings. The first kappa shape index (κ1) is 26.4. The van der Waals surface area contributed by atoms with Gasteiger partial charge in [0.05, 0.1) is 30.4 Å². The van der Waals surface area contributed by atoms with E-state index in [-0.39, 0.29) is 58.2 Å². The van der Waals surface area contributed by atoms with Crippen molar-refractivity contribution < 1.29 is 37.2 Å². The van der Waals surface area contributed by atoms with Gasteiger partial charge in [0.15, 0.2) is 17.2 Å². The monoisotopic (exact) mass is 536 g/mol. The fraction of sp³-hybridized carbons (Fsp3) is 0.333.